The van der Waals surface area contributed by atoms with E-state index in [4.69, 9.17) is 16.3 Å². The van der Waals surface area contributed by atoms with Gasteiger partial charge in [0.25, 0.3) is 0 Å². The van der Waals surface area contributed by atoms with Crippen molar-refractivity contribution in [3.05, 3.63) is 62.6 Å². The first-order valence-corrected chi connectivity index (χ1v) is 7.08. The number of benzene rings is 2. The Balaban J connectivity index is 1.97. The molecule has 0 N–H and O–H groups in total. The highest BCUT2D eigenvalue weighted by Gasteiger charge is 2.16. The molecule has 96 valence electrons. The number of ether oxygens (including phenoxy) is 1. The van der Waals surface area contributed by atoms with Gasteiger partial charge in [0, 0.05) is 22.0 Å². The van der Waals surface area contributed by atoms with Crippen LogP contribution in [0, 0.1) is 0 Å². The summed E-state index contributed by atoms with van der Waals surface area (Å²) < 4.78 is 6.22. The molecule has 0 saturated carbocycles. The SMILES string of the molecule is O=C(c1ccc(Br)c(Cl)c1)c1ccc2c(c1)CCO2. The molecule has 2 aromatic carbocycles. The van der Waals surface area contributed by atoms with Gasteiger partial charge in [-0.15, -0.1) is 0 Å². The summed E-state index contributed by atoms with van der Waals surface area (Å²) in [7, 11) is 0. The molecule has 0 atom stereocenters. The molecule has 0 saturated heterocycles. The van der Waals surface area contributed by atoms with Gasteiger partial charge in [0.15, 0.2) is 5.78 Å². The summed E-state index contributed by atoms with van der Waals surface area (Å²) in [6.45, 7) is 0.692. The summed E-state index contributed by atoms with van der Waals surface area (Å²) in [6, 6.07) is 10.8. The van der Waals surface area contributed by atoms with E-state index in [1.165, 1.54) is 0 Å². The first-order chi connectivity index (χ1) is 9.15. The molecule has 0 spiro atoms. The molecule has 1 aliphatic rings. The summed E-state index contributed by atoms with van der Waals surface area (Å²) in [5.74, 6) is 0.856. The predicted octanol–water partition coefficient (Wildman–Crippen LogP) is 4.27. The third-order valence-electron chi connectivity index (χ3n) is 3.13. The Morgan fingerprint density at radius 2 is 1.89 bits per heavy atom. The first-order valence-electron chi connectivity index (χ1n) is 5.90. The van der Waals surface area contributed by atoms with Crippen LogP contribution >= 0.6 is 27.5 Å². The normalized spacial score (nSPS) is 12.9. The Morgan fingerprint density at radius 3 is 2.68 bits per heavy atom. The molecule has 0 bridgehead atoms. The van der Waals surface area contributed by atoms with Crippen LogP contribution in [0.3, 0.4) is 0 Å². The largest absolute Gasteiger partial charge is 0.493 e. The Bertz CT molecular complexity index is 667. The zero-order valence-corrected chi connectivity index (χ0v) is 12.3. The fourth-order valence-electron chi connectivity index (χ4n) is 2.13. The molecule has 0 fully saturated rings. The first kappa shape index (κ1) is 12.7. The third kappa shape index (κ3) is 2.40. The Labute approximate surface area is 124 Å². The average Bonchev–Trinajstić information content (AvgIpc) is 2.88. The van der Waals surface area contributed by atoms with Crippen LogP contribution in [-0.4, -0.2) is 12.4 Å². The second-order valence-electron chi connectivity index (χ2n) is 4.38. The Kier molecular flexibility index (Phi) is 3.33. The van der Waals surface area contributed by atoms with Crippen LogP contribution in [0.25, 0.3) is 0 Å². The molecule has 1 heterocycles. The van der Waals surface area contributed by atoms with E-state index in [1.54, 1.807) is 24.3 Å². The van der Waals surface area contributed by atoms with Gasteiger partial charge in [0.2, 0.25) is 0 Å². The Morgan fingerprint density at radius 1 is 1.16 bits per heavy atom. The van der Waals surface area contributed by atoms with E-state index in [1.807, 2.05) is 12.1 Å². The smallest absolute Gasteiger partial charge is 0.193 e. The lowest BCUT2D eigenvalue weighted by Gasteiger charge is -2.05. The third-order valence-corrected chi connectivity index (χ3v) is 4.37. The van der Waals surface area contributed by atoms with Gasteiger partial charge in [0.1, 0.15) is 5.75 Å². The van der Waals surface area contributed by atoms with Crippen LogP contribution < -0.4 is 4.74 Å². The molecular weight excluding hydrogens is 328 g/mol. The molecule has 0 unspecified atom stereocenters. The van der Waals surface area contributed by atoms with Gasteiger partial charge < -0.3 is 4.74 Å². The van der Waals surface area contributed by atoms with Crippen molar-refractivity contribution in [3.8, 4) is 5.75 Å². The fourth-order valence-corrected chi connectivity index (χ4v) is 2.56. The molecule has 19 heavy (non-hydrogen) atoms. The molecular formula is C15H10BrClO2. The van der Waals surface area contributed by atoms with E-state index >= 15 is 0 Å². The summed E-state index contributed by atoms with van der Waals surface area (Å²) >= 11 is 9.34. The van der Waals surface area contributed by atoms with E-state index < -0.39 is 0 Å². The average molecular weight is 338 g/mol. The molecule has 0 aromatic heterocycles. The van der Waals surface area contributed by atoms with Crippen molar-refractivity contribution in [1.82, 2.24) is 0 Å². The van der Waals surface area contributed by atoms with Crippen molar-refractivity contribution in [2.75, 3.05) is 6.61 Å². The maximum atomic E-state index is 12.4. The molecule has 0 aliphatic carbocycles. The number of halogens is 2. The van der Waals surface area contributed by atoms with Gasteiger partial charge >= 0.3 is 0 Å². The summed E-state index contributed by atoms with van der Waals surface area (Å²) in [4.78, 5) is 12.4. The van der Waals surface area contributed by atoms with Crippen molar-refractivity contribution in [2.45, 2.75) is 6.42 Å². The highest BCUT2D eigenvalue weighted by molar-refractivity contribution is 9.10. The van der Waals surface area contributed by atoms with Gasteiger partial charge in [-0.3, -0.25) is 4.79 Å². The number of carbonyl (C=O) groups excluding carboxylic acids is 1. The summed E-state index contributed by atoms with van der Waals surface area (Å²) in [5.41, 5.74) is 2.35. The van der Waals surface area contributed by atoms with Gasteiger partial charge in [-0.1, -0.05) is 11.6 Å². The van der Waals surface area contributed by atoms with Crippen LogP contribution in [0.1, 0.15) is 21.5 Å². The molecule has 3 rings (SSSR count). The van der Waals surface area contributed by atoms with E-state index in [9.17, 15) is 4.79 Å². The molecule has 2 aromatic rings. The minimum absolute atomic E-state index is 0.0240. The second-order valence-corrected chi connectivity index (χ2v) is 5.64. The maximum absolute atomic E-state index is 12.4. The molecule has 0 amide bonds. The number of fused-ring (bicyclic) bond motifs is 1. The highest BCUT2D eigenvalue weighted by Crippen LogP contribution is 2.28. The van der Waals surface area contributed by atoms with Gasteiger partial charge in [-0.2, -0.15) is 0 Å². The molecule has 4 heteroatoms. The number of ketones is 1. The van der Waals surface area contributed by atoms with Crippen molar-refractivity contribution >= 4 is 33.3 Å². The van der Waals surface area contributed by atoms with E-state index in [2.05, 4.69) is 15.9 Å². The quantitative estimate of drug-likeness (QED) is 0.765. The number of hydrogen-bond donors (Lipinski definition) is 0. The van der Waals surface area contributed by atoms with Crippen molar-refractivity contribution < 1.29 is 9.53 Å². The zero-order valence-electron chi connectivity index (χ0n) is 9.95. The lowest BCUT2D eigenvalue weighted by molar-refractivity contribution is 0.103. The molecule has 1 aliphatic heterocycles. The van der Waals surface area contributed by atoms with Gasteiger partial charge in [-0.05, 0) is 57.9 Å². The second kappa shape index (κ2) is 4.99. The Hall–Kier alpha value is -1.32. The van der Waals surface area contributed by atoms with E-state index in [0.717, 1.165) is 22.2 Å². The minimum atomic E-state index is -0.0240. The van der Waals surface area contributed by atoms with Crippen LogP contribution in [0.4, 0.5) is 0 Å². The van der Waals surface area contributed by atoms with Crippen molar-refractivity contribution in [3.63, 3.8) is 0 Å². The summed E-state index contributed by atoms with van der Waals surface area (Å²) in [6.07, 6.45) is 0.859. The van der Waals surface area contributed by atoms with Gasteiger partial charge in [0.05, 0.1) is 11.6 Å². The topological polar surface area (TPSA) is 26.3 Å². The predicted molar refractivity (Wildman–Crippen MR) is 78.2 cm³/mol. The lowest BCUT2D eigenvalue weighted by Crippen LogP contribution is -2.01. The maximum Gasteiger partial charge on any atom is 0.193 e. The van der Waals surface area contributed by atoms with E-state index in [0.29, 0.717) is 22.8 Å². The number of rotatable bonds is 2. The monoisotopic (exact) mass is 336 g/mol. The fraction of sp³-hybridized carbons (Fsp3) is 0.133. The summed E-state index contributed by atoms with van der Waals surface area (Å²) in [5, 5.41) is 0.537. The van der Waals surface area contributed by atoms with Crippen molar-refractivity contribution in [1.29, 1.82) is 0 Å². The number of carbonyl (C=O) groups is 1. The van der Waals surface area contributed by atoms with Gasteiger partial charge in [-0.25, -0.2) is 0 Å². The van der Waals surface area contributed by atoms with Crippen molar-refractivity contribution in [2.24, 2.45) is 0 Å². The molecule has 0 radical (unpaired) electrons. The van der Waals surface area contributed by atoms with Crippen LogP contribution in [0.5, 0.6) is 5.75 Å². The van der Waals surface area contributed by atoms with E-state index in [-0.39, 0.29) is 5.78 Å². The lowest BCUT2D eigenvalue weighted by atomic mass is 10.0. The highest BCUT2D eigenvalue weighted by atomic mass is 79.9. The van der Waals surface area contributed by atoms with Crippen LogP contribution in [0.2, 0.25) is 5.02 Å². The van der Waals surface area contributed by atoms with Crippen LogP contribution in [-0.2, 0) is 6.42 Å². The minimum Gasteiger partial charge on any atom is -0.493 e. The molecule has 2 nitrogen and oxygen atoms in total. The number of hydrogen-bond acceptors (Lipinski definition) is 2. The van der Waals surface area contributed by atoms with Crippen LogP contribution in [0.15, 0.2) is 40.9 Å². The standard InChI is InChI=1S/C15H10BrClO2/c16-12-3-1-11(8-13(12)17)15(18)10-2-4-14-9(7-10)5-6-19-14/h1-4,7-8H,5-6H2. The zero-order chi connectivity index (χ0) is 13.4.